The Balaban J connectivity index is 1.39. The van der Waals surface area contributed by atoms with Crippen molar-refractivity contribution in [1.82, 2.24) is 24.7 Å². The van der Waals surface area contributed by atoms with Gasteiger partial charge >= 0.3 is 0 Å². The Bertz CT molecular complexity index is 792. The second kappa shape index (κ2) is 7.46. The molecule has 5 heterocycles. The van der Waals surface area contributed by atoms with Crippen molar-refractivity contribution in [2.24, 2.45) is 5.92 Å². The normalized spacial score (nSPS) is 23.2. The molecule has 3 fully saturated rings. The maximum atomic E-state index is 13.0. The Morgan fingerprint density at radius 2 is 2.04 bits per heavy atom. The third-order valence-electron chi connectivity index (χ3n) is 6.00. The van der Waals surface area contributed by atoms with Gasteiger partial charge in [0.1, 0.15) is 5.76 Å². The predicted octanol–water partition coefficient (Wildman–Crippen LogP) is 2.31. The van der Waals surface area contributed by atoms with Crippen LogP contribution < -0.4 is 0 Å². The van der Waals surface area contributed by atoms with Gasteiger partial charge in [-0.25, -0.2) is 0 Å². The maximum Gasteiger partial charge on any atom is 0.227 e. The molecule has 3 aliphatic heterocycles. The Morgan fingerprint density at radius 3 is 2.74 bits per heavy atom. The molecule has 5 rings (SSSR count). The first-order valence-corrected chi connectivity index (χ1v) is 9.95. The molecule has 7 heteroatoms. The van der Waals surface area contributed by atoms with Gasteiger partial charge in [0.25, 0.3) is 0 Å². The summed E-state index contributed by atoms with van der Waals surface area (Å²) in [6.45, 7) is 10.4. The van der Waals surface area contributed by atoms with E-state index in [1.54, 1.807) is 0 Å². The Labute approximate surface area is 160 Å². The highest BCUT2D eigenvalue weighted by atomic mass is 16.5. The summed E-state index contributed by atoms with van der Waals surface area (Å²) in [6.07, 6.45) is 7.14. The molecule has 0 aliphatic carbocycles. The fourth-order valence-corrected chi connectivity index (χ4v) is 4.46. The Morgan fingerprint density at radius 1 is 1.19 bits per heavy atom. The van der Waals surface area contributed by atoms with Crippen LogP contribution in [0.3, 0.4) is 0 Å². The van der Waals surface area contributed by atoms with E-state index in [0.717, 1.165) is 62.5 Å². The lowest BCUT2D eigenvalue weighted by Crippen LogP contribution is -2.47. The summed E-state index contributed by atoms with van der Waals surface area (Å²) < 4.78 is 7.31. The van der Waals surface area contributed by atoms with Crippen LogP contribution in [0.15, 0.2) is 16.9 Å². The van der Waals surface area contributed by atoms with Gasteiger partial charge in [0, 0.05) is 44.0 Å². The molecule has 146 valence electrons. The fourth-order valence-electron chi connectivity index (χ4n) is 4.46. The molecule has 2 aromatic heterocycles. The number of fused-ring (bicyclic) bond motifs is 4. The number of nitrogens with zero attached hydrogens (tertiary/aromatic N) is 5. The predicted molar refractivity (Wildman–Crippen MR) is 101 cm³/mol. The first-order valence-electron chi connectivity index (χ1n) is 9.95. The molecule has 0 radical (unpaired) electrons. The van der Waals surface area contributed by atoms with Crippen LogP contribution in [0.5, 0.6) is 0 Å². The van der Waals surface area contributed by atoms with E-state index < -0.39 is 0 Å². The number of carbonyl (C=O) groups is 1. The van der Waals surface area contributed by atoms with Crippen LogP contribution in [0.2, 0.25) is 0 Å². The van der Waals surface area contributed by atoms with E-state index in [2.05, 4.69) is 33.2 Å². The van der Waals surface area contributed by atoms with Gasteiger partial charge in [-0.3, -0.25) is 9.48 Å². The third kappa shape index (κ3) is 3.78. The van der Waals surface area contributed by atoms with Crippen molar-refractivity contribution in [3.63, 3.8) is 0 Å². The van der Waals surface area contributed by atoms with Gasteiger partial charge in [0.15, 0.2) is 0 Å². The number of hydrogen-bond acceptors (Lipinski definition) is 5. The largest absolute Gasteiger partial charge is 0.361 e. The van der Waals surface area contributed by atoms with Crippen LogP contribution in [-0.2, 0) is 17.9 Å². The summed E-state index contributed by atoms with van der Waals surface area (Å²) in [7, 11) is 0. The van der Waals surface area contributed by atoms with E-state index in [1.807, 2.05) is 24.7 Å². The highest BCUT2D eigenvalue weighted by Gasteiger charge is 2.40. The molecule has 1 amide bonds. The van der Waals surface area contributed by atoms with Crippen molar-refractivity contribution < 1.29 is 9.32 Å². The first kappa shape index (κ1) is 18.2. The molecule has 0 spiro atoms. The number of hydrogen-bond donors (Lipinski definition) is 0. The minimum absolute atomic E-state index is 0.121. The van der Waals surface area contributed by atoms with E-state index in [0.29, 0.717) is 12.5 Å². The van der Waals surface area contributed by atoms with E-state index >= 15 is 0 Å². The van der Waals surface area contributed by atoms with Crippen molar-refractivity contribution in [2.75, 3.05) is 19.6 Å². The van der Waals surface area contributed by atoms with Gasteiger partial charge in [-0.15, -0.1) is 0 Å². The lowest BCUT2D eigenvalue weighted by Gasteiger charge is -2.36. The van der Waals surface area contributed by atoms with Crippen molar-refractivity contribution in [1.29, 1.82) is 0 Å². The fraction of sp³-hybridized carbons (Fsp3) is 0.650. The highest BCUT2D eigenvalue weighted by Crippen LogP contribution is 2.31. The van der Waals surface area contributed by atoms with E-state index in [9.17, 15) is 4.79 Å². The molecule has 3 saturated heterocycles. The van der Waals surface area contributed by atoms with E-state index in [-0.39, 0.29) is 12.0 Å². The van der Waals surface area contributed by atoms with Gasteiger partial charge in [-0.05, 0) is 45.6 Å². The van der Waals surface area contributed by atoms with Gasteiger partial charge < -0.3 is 14.3 Å². The Hall–Kier alpha value is -2.15. The summed E-state index contributed by atoms with van der Waals surface area (Å²) in [5.41, 5.74) is 3.16. The molecule has 2 aromatic rings. The van der Waals surface area contributed by atoms with Crippen molar-refractivity contribution in [3.05, 3.63) is 35.0 Å². The first-order chi connectivity index (χ1) is 13.0. The number of amides is 1. The molecule has 0 N–H and O–H groups in total. The highest BCUT2D eigenvalue weighted by molar-refractivity contribution is 5.80. The number of aromatic nitrogens is 3. The van der Waals surface area contributed by atoms with Gasteiger partial charge in [0.05, 0.1) is 24.4 Å². The van der Waals surface area contributed by atoms with Crippen molar-refractivity contribution in [2.45, 2.75) is 59.2 Å². The second-order valence-electron chi connectivity index (χ2n) is 8.09. The number of aryl methyl sites for hydroxylation is 4. The molecule has 27 heavy (non-hydrogen) atoms. The SMILES string of the molecule is Cc1cnn(CCCN2C[C@@H]3CC[C@H](C2)N(Cc2c(C)noc2C)C3=O)c1. The van der Waals surface area contributed by atoms with Crippen LogP contribution in [0.1, 0.15) is 41.8 Å². The van der Waals surface area contributed by atoms with Crippen molar-refractivity contribution >= 4 is 5.91 Å². The minimum atomic E-state index is 0.121. The molecule has 7 nitrogen and oxygen atoms in total. The molecule has 0 unspecified atom stereocenters. The van der Waals surface area contributed by atoms with Gasteiger partial charge in [-0.1, -0.05) is 5.16 Å². The van der Waals surface area contributed by atoms with Gasteiger partial charge in [0.2, 0.25) is 5.91 Å². The smallest absolute Gasteiger partial charge is 0.227 e. The number of piperidine rings is 1. The lowest BCUT2D eigenvalue weighted by atomic mass is 9.93. The van der Waals surface area contributed by atoms with E-state index in [1.165, 1.54) is 5.56 Å². The molecular weight excluding hydrogens is 342 g/mol. The average Bonchev–Trinajstić information content (AvgIpc) is 3.07. The van der Waals surface area contributed by atoms with Crippen LogP contribution in [-0.4, -0.2) is 56.3 Å². The molecule has 0 saturated carbocycles. The minimum Gasteiger partial charge on any atom is -0.361 e. The monoisotopic (exact) mass is 371 g/mol. The standard InChI is InChI=1S/C20H29N5O2/c1-14-9-21-24(10-14)8-4-7-23-11-17-5-6-18(12-23)25(20(17)26)13-19-15(2)22-27-16(19)3/h9-10,17-18H,4-8,11-13H2,1-3H3/t17-,18+/m0/s1. The van der Waals surface area contributed by atoms with E-state index in [4.69, 9.17) is 4.52 Å². The van der Waals surface area contributed by atoms with Crippen LogP contribution in [0.25, 0.3) is 0 Å². The molecule has 0 aromatic carbocycles. The molecule has 2 atom stereocenters. The average molecular weight is 371 g/mol. The zero-order valence-electron chi connectivity index (χ0n) is 16.5. The second-order valence-corrected chi connectivity index (χ2v) is 8.09. The summed E-state index contributed by atoms with van der Waals surface area (Å²) in [6, 6.07) is 0.289. The lowest BCUT2D eigenvalue weighted by molar-refractivity contribution is -0.140. The summed E-state index contributed by atoms with van der Waals surface area (Å²) in [5, 5.41) is 8.41. The molecule has 3 aliphatic rings. The summed E-state index contributed by atoms with van der Waals surface area (Å²) in [4.78, 5) is 17.6. The zero-order chi connectivity index (χ0) is 19.0. The van der Waals surface area contributed by atoms with Crippen molar-refractivity contribution in [3.8, 4) is 0 Å². The Kier molecular flexibility index (Phi) is 5.04. The zero-order valence-corrected chi connectivity index (χ0v) is 16.5. The summed E-state index contributed by atoms with van der Waals surface area (Å²) in [5.74, 6) is 1.25. The third-order valence-corrected chi connectivity index (χ3v) is 6.00. The topological polar surface area (TPSA) is 67.4 Å². The molecular formula is C20H29N5O2. The van der Waals surface area contributed by atoms with Crippen LogP contribution in [0.4, 0.5) is 0 Å². The number of carbonyl (C=O) groups excluding carboxylic acids is 1. The van der Waals surface area contributed by atoms with Crippen LogP contribution >= 0.6 is 0 Å². The maximum absolute atomic E-state index is 13.0. The van der Waals surface area contributed by atoms with Gasteiger partial charge in [-0.2, -0.15) is 5.10 Å². The number of rotatable bonds is 6. The quantitative estimate of drug-likeness (QED) is 0.779. The molecule has 2 bridgehead atoms. The van der Waals surface area contributed by atoms with Crippen LogP contribution in [0, 0.1) is 26.7 Å². The summed E-state index contributed by atoms with van der Waals surface area (Å²) >= 11 is 0.